The lowest BCUT2D eigenvalue weighted by Crippen LogP contribution is -2.15. The summed E-state index contributed by atoms with van der Waals surface area (Å²) < 4.78 is 0. The Balaban J connectivity index is 4.24. The van der Waals surface area contributed by atoms with Gasteiger partial charge in [0.2, 0.25) is 5.91 Å². The van der Waals surface area contributed by atoms with Crippen LogP contribution in [0, 0.1) is 11.8 Å². The third kappa shape index (κ3) is 6.38. The van der Waals surface area contributed by atoms with Crippen LogP contribution in [-0.4, -0.2) is 5.91 Å². The molecule has 0 radical (unpaired) electrons. The predicted molar refractivity (Wildman–Crippen MR) is 56.2 cm³/mol. The average molecular weight is 183 g/mol. The Morgan fingerprint density at radius 1 is 1.23 bits per heavy atom. The molecule has 13 heavy (non-hydrogen) atoms. The van der Waals surface area contributed by atoms with Gasteiger partial charge in [0.25, 0.3) is 0 Å². The number of carbonyl (C=O) groups is 1. The third-order valence-corrected chi connectivity index (χ3v) is 1.78. The normalized spacial score (nSPS) is 12.6. The van der Waals surface area contributed by atoms with Crippen LogP contribution in [-0.2, 0) is 4.79 Å². The topological polar surface area (TPSA) is 43.1 Å². The highest BCUT2D eigenvalue weighted by Gasteiger charge is 2.07. The summed E-state index contributed by atoms with van der Waals surface area (Å²) in [6, 6.07) is 0. The quantitative estimate of drug-likeness (QED) is 0.654. The van der Waals surface area contributed by atoms with Crippen LogP contribution in [0.15, 0.2) is 11.6 Å². The van der Waals surface area contributed by atoms with Crippen molar-refractivity contribution in [3.63, 3.8) is 0 Å². The van der Waals surface area contributed by atoms with Crippen LogP contribution in [0.25, 0.3) is 0 Å². The van der Waals surface area contributed by atoms with Gasteiger partial charge in [-0.1, -0.05) is 33.8 Å². The molecule has 0 aliphatic carbocycles. The van der Waals surface area contributed by atoms with E-state index in [0.29, 0.717) is 11.8 Å². The van der Waals surface area contributed by atoms with Crippen molar-refractivity contribution in [3.05, 3.63) is 11.6 Å². The van der Waals surface area contributed by atoms with E-state index in [-0.39, 0.29) is 5.91 Å². The van der Waals surface area contributed by atoms with Gasteiger partial charge >= 0.3 is 0 Å². The largest absolute Gasteiger partial charge is 0.366 e. The van der Waals surface area contributed by atoms with Crippen molar-refractivity contribution >= 4 is 5.91 Å². The second kappa shape index (κ2) is 5.79. The Bertz CT molecular complexity index is 192. The number of hydrogen-bond donors (Lipinski definition) is 1. The molecule has 0 aromatic heterocycles. The maximum Gasteiger partial charge on any atom is 0.244 e. The van der Waals surface area contributed by atoms with Crippen molar-refractivity contribution in [2.24, 2.45) is 17.6 Å². The van der Waals surface area contributed by atoms with Crippen molar-refractivity contribution < 1.29 is 4.79 Å². The lowest BCUT2D eigenvalue weighted by Gasteiger charge is -2.07. The zero-order chi connectivity index (χ0) is 10.4. The summed E-state index contributed by atoms with van der Waals surface area (Å²) in [6.07, 6.45) is 3.71. The molecule has 0 unspecified atom stereocenters. The van der Waals surface area contributed by atoms with Gasteiger partial charge in [-0.3, -0.25) is 4.79 Å². The molecule has 0 aromatic carbocycles. The first-order valence-electron chi connectivity index (χ1n) is 4.92. The van der Waals surface area contributed by atoms with Crippen molar-refractivity contribution in [2.45, 2.75) is 40.5 Å². The Morgan fingerprint density at radius 3 is 2.08 bits per heavy atom. The monoisotopic (exact) mass is 183 g/mol. The minimum atomic E-state index is -0.269. The molecule has 0 saturated heterocycles. The molecule has 2 N–H and O–H groups in total. The highest BCUT2D eigenvalue weighted by molar-refractivity contribution is 5.91. The Labute approximate surface area is 81.2 Å². The first-order valence-corrected chi connectivity index (χ1v) is 4.92. The molecule has 0 heterocycles. The van der Waals surface area contributed by atoms with Crippen molar-refractivity contribution in [3.8, 4) is 0 Å². The summed E-state index contributed by atoms with van der Waals surface area (Å²) >= 11 is 0. The summed E-state index contributed by atoms with van der Waals surface area (Å²) in [6.45, 7) is 8.44. The fourth-order valence-electron chi connectivity index (χ4n) is 1.10. The zero-order valence-corrected chi connectivity index (χ0v) is 9.13. The van der Waals surface area contributed by atoms with Gasteiger partial charge < -0.3 is 5.73 Å². The number of nitrogens with two attached hydrogens (primary N) is 1. The summed E-state index contributed by atoms with van der Waals surface area (Å²) in [4.78, 5) is 11.0. The molecule has 0 aliphatic heterocycles. The number of amides is 1. The SMILES string of the molecule is CC(C)C/C=C(/CC(C)C)C(N)=O. The minimum Gasteiger partial charge on any atom is -0.366 e. The number of primary amides is 1. The lowest BCUT2D eigenvalue weighted by molar-refractivity contribution is -0.114. The molecular formula is C11H21NO. The minimum absolute atomic E-state index is 0.269. The molecule has 76 valence electrons. The van der Waals surface area contributed by atoms with E-state index in [1.807, 2.05) is 6.08 Å². The summed E-state index contributed by atoms with van der Waals surface area (Å²) in [5.74, 6) is 0.807. The van der Waals surface area contributed by atoms with E-state index in [1.54, 1.807) is 0 Å². The second-order valence-electron chi connectivity index (χ2n) is 4.32. The average Bonchev–Trinajstić information content (AvgIpc) is 1.96. The molecule has 1 amide bonds. The Morgan fingerprint density at radius 2 is 1.77 bits per heavy atom. The van der Waals surface area contributed by atoms with E-state index in [4.69, 9.17) is 5.73 Å². The van der Waals surface area contributed by atoms with E-state index in [2.05, 4.69) is 27.7 Å². The molecule has 2 heteroatoms. The van der Waals surface area contributed by atoms with Crippen molar-refractivity contribution in [1.82, 2.24) is 0 Å². The van der Waals surface area contributed by atoms with E-state index in [9.17, 15) is 4.79 Å². The number of rotatable bonds is 5. The van der Waals surface area contributed by atoms with E-state index < -0.39 is 0 Å². The van der Waals surface area contributed by atoms with Gasteiger partial charge in [0.05, 0.1) is 0 Å². The molecule has 0 atom stereocenters. The van der Waals surface area contributed by atoms with Crippen LogP contribution < -0.4 is 5.73 Å². The molecule has 0 aromatic rings. The van der Waals surface area contributed by atoms with Crippen LogP contribution in [0.5, 0.6) is 0 Å². The molecule has 0 aliphatic rings. The standard InChI is InChI=1S/C11H21NO/c1-8(2)5-6-10(11(12)13)7-9(3)4/h6,8-9H,5,7H2,1-4H3,(H2,12,13)/b10-6-. The van der Waals surface area contributed by atoms with Crippen LogP contribution in [0.4, 0.5) is 0 Å². The van der Waals surface area contributed by atoms with E-state index in [1.165, 1.54) is 0 Å². The number of hydrogen-bond acceptors (Lipinski definition) is 1. The van der Waals surface area contributed by atoms with Gasteiger partial charge in [-0.05, 0) is 24.7 Å². The summed E-state index contributed by atoms with van der Waals surface area (Å²) in [5.41, 5.74) is 6.05. The smallest absolute Gasteiger partial charge is 0.244 e. The number of allylic oxidation sites excluding steroid dienone is 1. The second-order valence-corrected chi connectivity index (χ2v) is 4.32. The van der Waals surface area contributed by atoms with Crippen LogP contribution in [0.2, 0.25) is 0 Å². The fourth-order valence-corrected chi connectivity index (χ4v) is 1.10. The van der Waals surface area contributed by atoms with E-state index >= 15 is 0 Å². The molecule has 2 nitrogen and oxygen atoms in total. The third-order valence-electron chi connectivity index (χ3n) is 1.78. The van der Waals surface area contributed by atoms with Gasteiger partial charge in [0, 0.05) is 5.57 Å². The van der Waals surface area contributed by atoms with E-state index in [0.717, 1.165) is 18.4 Å². The van der Waals surface area contributed by atoms with Crippen molar-refractivity contribution in [2.75, 3.05) is 0 Å². The van der Waals surface area contributed by atoms with Crippen LogP contribution >= 0.6 is 0 Å². The number of carbonyl (C=O) groups excluding carboxylic acids is 1. The first-order chi connectivity index (χ1) is 5.93. The fraction of sp³-hybridized carbons (Fsp3) is 0.727. The maximum absolute atomic E-state index is 11.0. The molecule has 0 saturated carbocycles. The van der Waals surface area contributed by atoms with Gasteiger partial charge in [0.15, 0.2) is 0 Å². The molecule has 0 fully saturated rings. The van der Waals surface area contributed by atoms with Crippen LogP contribution in [0.1, 0.15) is 40.5 Å². The molecule has 0 spiro atoms. The van der Waals surface area contributed by atoms with Gasteiger partial charge in [0.1, 0.15) is 0 Å². The Kier molecular flexibility index (Phi) is 5.44. The molecular weight excluding hydrogens is 162 g/mol. The highest BCUT2D eigenvalue weighted by atomic mass is 16.1. The maximum atomic E-state index is 11.0. The Hall–Kier alpha value is -0.790. The first kappa shape index (κ1) is 12.2. The zero-order valence-electron chi connectivity index (χ0n) is 9.13. The van der Waals surface area contributed by atoms with Gasteiger partial charge in [-0.15, -0.1) is 0 Å². The lowest BCUT2D eigenvalue weighted by atomic mass is 9.99. The summed E-state index contributed by atoms with van der Waals surface area (Å²) in [5, 5.41) is 0. The highest BCUT2D eigenvalue weighted by Crippen LogP contribution is 2.12. The van der Waals surface area contributed by atoms with Gasteiger partial charge in [-0.2, -0.15) is 0 Å². The summed E-state index contributed by atoms with van der Waals surface area (Å²) in [7, 11) is 0. The molecule has 0 bridgehead atoms. The van der Waals surface area contributed by atoms with Gasteiger partial charge in [-0.25, -0.2) is 0 Å². The predicted octanol–water partition coefficient (Wildman–Crippen LogP) is 2.49. The van der Waals surface area contributed by atoms with Crippen LogP contribution in [0.3, 0.4) is 0 Å². The van der Waals surface area contributed by atoms with Crippen molar-refractivity contribution in [1.29, 1.82) is 0 Å². The molecule has 0 rings (SSSR count).